The highest BCUT2D eigenvalue weighted by molar-refractivity contribution is 6.30. The summed E-state index contributed by atoms with van der Waals surface area (Å²) < 4.78 is 0. The first-order valence-corrected chi connectivity index (χ1v) is 5.52. The number of rotatable bonds is 2. The first kappa shape index (κ1) is 10.5. The molecule has 1 aromatic carbocycles. The number of carboxylic acid groups (broad SMARTS) is 1. The van der Waals surface area contributed by atoms with Crippen LogP contribution in [0.2, 0.25) is 5.02 Å². The molecule has 1 aromatic rings. The van der Waals surface area contributed by atoms with Crippen LogP contribution in [0.1, 0.15) is 31.2 Å². The van der Waals surface area contributed by atoms with Gasteiger partial charge in [-0.05, 0) is 30.5 Å². The number of carboxylic acids is 1. The molecule has 3 heteroatoms. The number of benzene rings is 1. The fraction of sp³-hybridized carbons (Fsp3) is 0.417. The zero-order chi connectivity index (χ0) is 10.9. The topological polar surface area (TPSA) is 37.3 Å². The summed E-state index contributed by atoms with van der Waals surface area (Å²) in [4.78, 5) is 11.4. The van der Waals surface area contributed by atoms with Crippen LogP contribution in [0.15, 0.2) is 24.3 Å². The highest BCUT2D eigenvalue weighted by Crippen LogP contribution is 2.41. The van der Waals surface area contributed by atoms with E-state index in [9.17, 15) is 9.90 Å². The smallest absolute Gasteiger partial charge is 0.314 e. The standard InChI is InChI=1S/C12H13ClO2/c13-10-5-3-9(4-6-10)12(11(14)15)7-1-2-8-12/h3-6H,1-2,7-8H2,(H,14,15). The van der Waals surface area contributed by atoms with E-state index in [2.05, 4.69) is 0 Å². The predicted molar refractivity (Wildman–Crippen MR) is 59.2 cm³/mol. The van der Waals surface area contributed by atoms with Crippen LogP contribution in [0, 0.1) is 0 Å². The average Bonchev–Trinajstić information content (AvgIpc) is 2.69. The molecule has 1 aliphatic rings. The van der Waals surface area contributed by atoms with E-state index in [1.165, 1.54) is 0 Å². The SMILES string of the molecule is O=C(O)C1(c2ccc(Cl)cc2)CCCC1. The summed E-state index contributed by atoms with van der Waals surface area (Å²) in [6, 6.07) is 7.20. The Kier molecular flexibility index (Phi) is 2.70. The second-order valence-corrected chi connectivity index (χ2v) is 4.54. The third-order valence-electron chi connectivity index (χ3n) is 3.26. The van der Waals surface area contributed by atoms with Crippen LogP contribution in [0.5, 0.6) is 0 Å². The predicted octanol–water partition coefficient (Wildman–Crippen LogP) is 3.24. The van der Waals surface area contributed by atoms with Gasteiger partial charge >= 0.3 is 5.97 Å². The van der Waals surface area contributed by atoms with Gasteiger partial charge in [-0.15, -0.1) is 0 Å². The minimum absolute atomic E-state index is 0.650. The van der Waals surface area contributed by atoms with Crippen LogP contribution in [0.25, 0.3) is 0 Å². The van der Waals surface area contributed by atoms with Gasteiger partial charge in [0.25, 0.3) is 0 Å². The van der Waals surface area contributed by atoms with Crippen LogP contribution >= 0.6 is 11.6 Å². The van der Waals surface area contributed by atoms with E-state index < -0.39 is 11.4 Å². The maximum absolute atomic E-state index is 11.4. The minimum Gasteiger partial charge on any atom is -0.481 e. The summed E-state index contributed by atoms with van der Waals surface area (Å²) >= 11 is 5.80. The molecule has 80 valence electrons. The molecule has 0 amide bonds. The highest BCUT2D eigenvalue weighted by Gasteiger charge is 2.42. The average molecular weight is 225 g/mol. The number of aliphatic carboxylic acids is 1. The van der Waals surface area contributed by atoms with Crippen molar-refractivity contribution in [3.8, 4) is 0 Å². The van der Waals surface area contributed by atoms with Crippen molar-refractivity contribution in [2.45, 2.75) is 31.1 Å². The molecule has 1 aliphatic carbocycles. The summed E-state index contributed by atoms with van der Waals surface area (Å²) in [6.07, 6.45) is 3.47. The highest BCUT2D eigenvalue weighted by atomic mass is 35.5. The van der Waals surface area contributed by atoms with Crippen LogP contribution in [0.4, 0.5) is 0 Å². The van der Waals surface area contributed by atoms with Gasteiger partial charge in [0, 0.05) is 5.02 Å². The molecule has 0 heterocycles. The van der Waals surface area contributed by atoms with Gasteiger partial charge in [0.1, 0.15) is 0 Å². The van der Waals surface area contributed by atoms with Crippen molar-refractivity contribution >= 4 is 17.6 Å². The van der Waals surface area contributed by atoms with Gasteiger partial charge < -0.3 is 5.11 Å². The van der Waals surface area contributed by atoms with E-state index in [-0.39, 0.29) is 0 Å². The molecule has 0 saturated heterocycles. The first-order chi connectivity index (χ1) is 7.15. The largest absolute Gasteiger partial charge is 0.481 e. The summed E-state index contributed by atoms with van der Waals surface area (Å²) in [6.45, 7) is 0. The van der Waals surface area contributed by atoms with E-state index in [0.717, 1.165) is 31.2 Å². The summed E-state index contributed by atoms with van der Waals surface area (Å²) in [5.41, 5.74) is 0.224. The molecule has 0 spiro atoms. The second kappa shape index (κ2) is 3.86. The molecular weight excluding hydrogens is 212 g/mol. The van der Waals surface area contributed by atoms with Crippen molar-refractivity contribution in [3.05, 3.63) is 34.9 Å². The maximum Gasteiger partial charge on any atom is 0.314 e. The van der Waals surface area contributed by atoms with Crippen molar-refractivity contribution in [1.29, 1.82) is 0 Å². The lowest BCUT2D eigenvalue weighted by atomic mass is 9.79. The van der Waals surface area contributed by atoms with E-state index in [4.69, 9.17) is 11.6 Å². The van der Waals surface area contributed by atoms with Gasteiger partial charge in [-0.1, -0.05) is 36.6 Å². The fourth-order valence-electron chi connectivity index (χ4n) is 2.37. The maximum atomic E-state index is 11.4. The van der Waals surface area contributed by atoms with Crippen molar-refractivity contribution in [1.82, 2.24) is 0 Å². The molecule has 0 atom stereocenters. The molecular formula is C12H13ClO2. The first-order valence-electron chi connectivity index (χ1n) is 5.15. The number of hydrogen-bond acceptors (Lipinski definition) is 1. The lowest BCUT2D eigenvalue weighted by Gasteiger charge is -2.24. The van der Waals surface area contributed by atoms with Gasteiger partial charge in [0.2, 0.25) is 0 Å². The number of hydrogen-bond donors (Lipinski definition) is 1. The van der Waals surface area contributed by atoms with Crippen molar-refractivity contribution in [2.24, 2.45) is 0 Å². The molecule has 0 radical (unpaired) electrons. The van der Waals surface area contributed by atoms with E-state index >= 15 is 0 Å². The molecule has 2 rings (SSSR count). The van der Waals surface area contributed by atoms with E-state index in [1.54, 1.807) is 12.1 Å². The Morgan fingerprint density at radius 1 is 1.20 bits per heavy atom. The fourth-order valence-corrected chi connectivity index (χ4v) is 2.50. The monoisotopic (exact) mass is 224 g/mol. The number of carbonyl (C=O) groups is 1. The molecule has 0 unspecified atom stereocenters. The van der Waals surface area contributed by atoms with Crippen LogP contribution in [0.3, 0.4) is 0 Å². The molecule has 15 heavy (non-hydrogen) atoms. The van der Waals surface area contributed by atoms with Gasteiger partial charge in [0.05, 0.1) is 5.41 Å². The minimum atomic E-state index is -0.706. The summed E-state index contributed by atoms with van der Waals surface area (Å²) in [5, 5.41) is 10.0. The second-order valence-electron chi connectivity index (χ2n) is 4.10. The Balaban J connectivity index is 2.41. The Hall–Kier alpha value is -1.02. The van der Waals surface area contributed by atoms with Crippen LogP contribution in [-0.2, 0) is 10.2 Å². The molecule has 1 fully saturated rings. The van der Waals surface area contributed by atoms with Gasteiger partial charge in [-0.25, -0.2) is 0 Å². The Bertz CT molecular complexity index is 364. The normalized spacial score (nSPS) is 19.0. The van der Waals surface area contributed by atoms with Crippen molar-refractivity contribution in [3.63, 3.8) is 0 Å². The molecule has 0 bridgehead atoms. The molecule has 2 nitrogen and oxygen atoms in total. The molecule has 1 saturated carbocycles. The molecule has 0 aliphatic heterocycles. The van der Waals surface area contributed by atoms with Crippen LogP contribution in [-0.4, -0.2) is 11.1 Å². The van der Waals surface area contributed by atoms with E-state index in [0.29, 0.717) is 5.02 Å². The van der Waals surface area contributed by atoms with Crippen molar-refractivity contribution < 1.29 is 9.90 Å². The third kappa shape index (κ3) is 1.74. The quantitative estimate of drug-likeness (QED) is 0.838. The molecule has 0 aromatic heterocycles. The Morgan fingerprint density at radius 3 is 2.20 bits per heavy atom. The van der Waals surface area contributed by atoms with Gasteiger partial charge in [-0.3, -0.25) is 4.79 Å². The van der Waals surface area contributed by atoms with Gasteiger partial charge in [-0.2, -0.15) is 0 Å². The summed E-state index contributed by atoms with van der Waals surface area (Å²) in [7, 11) is 0. The zero-order valence-corrected chi connectivity index (χ0v) is 9.13. The van der Waals surface area contributed by atoms with Crippen LogP contribution < -0.4 is 0 Å². The Morgan fingerprint density at radius 2 is 1.73 bits per heavy atom. The van der Waals surface area contributed by atoms with E-state index in [1.807, 2.05) is 12.1 Å². The third-order valence-corrected chi connectivity index (χ3v) is 3.52. The Labute approximate surface area is 93.9 Å². The lowest BCUT2D eigenvalue weighted by molar-refractivity contribution is -0.143. The zero-order valence-electron chi connectivity index (χ0n) is 8.37. The lowest BCUT2D eigenvalue weighted by Crippen LogP contribution is -2.32. The summed E-state index contributed by atoms with van der Waals surface area (Å²) in [5.74, 6) is -0.706. The van der Waals surface area contributed by atoms with Crippen molar-refractivity contribution in [2.75, 3.05) is 0 Å². The number of halogens is 1. The molecule has 1 N–H and O–H groups in total. The van der Waals surface area contributed by atoms with Gasteiger partial charge in [0.15, 0.2) is 0 Å².